The third kappa shape index (κ3) is 4.15. The van der Waals surface area contributed by atoms with E-state index in [9.17, 15) is 14.4 Å². The molecule has 144 valence electrons. The van der Waals surface area contributed by atoms with Crippen molar-refractivity contribution in [3.8, 4) is 0 Å². The molecule has 27 heavy (non-hydrogen) atoms. The topological polar surface area (TPSA) is 89.1 Å². The van der Waals surface area contributed by atoms with Crippen LogP contribution in [0.15, 0.2) is 16.9 Å². The molecule has 2 aromatic rings. The Morgan fingerprint density at radius 1 is 1.07 bits per heavy atom. The van der Waals surface area contributed by atoms with Gasteiger partial charge in [-0.1, -0.05) is 19.9 Å². The SMILES string of the molecule is CCc1n[nH]c(=O)c(C(=O)O[C@H](C)C(=O)c2cc(C)c(C)cc2C)c1CC. The summed E-state index contributed by atoms with van der Waals surface area (Å²) >= 11 is 0. The van der Waals surface area contributed by atoms with Gasteiger partial charge < -0.3 is 4.74 Å². The number of aromatic amines is 1. The van der Waals surface area contributed by atoms with Crippen LogP contribution in [0.2, 0.25) is 0 Å². The van der Waals surface area contributed by atoms with Gasteiger partial charge >= 0.3 is 5.97 Å². The lowest BCUT2D eigenvalue weighted by molar-refractivity contribution is 0.0315. The van der Waals surface area contributed by atoms with Crippen molar-refractivity contribution in [2.45, 2.75) is 60.5 Å². The number of rotatable bonds is 6. The molecule has 0 aliphatic heterocycles. The standard InChI is InChI=1S/C21H26N2O4/c1-7-15-17(8-2)22-23-20(25)18(15)21(26)27-14(6)19(24)16-10-12(4)11(3)9-13(16)5/h9-10,14H,7-8H2,1-6H3,(H,23,25)/t14-/m1/s1. The van der Waals surface area contributed by atoms with Crippen molar-refractivity contribution in [2.75, 3.05) is 0 Å². The van der Waals surface area contributed by atoms with E-state index in [0.29, 0.717) is 29.7 Å². The molecule has 6 heteroatoms. The number of carbonyl (C=O) groups excluding carboxylic acids is 2. The average molecular weight is 370 g/mol. The van der Waals surface area contributed by atoms with Gasteiger partial charge in [0.25, 0.3) is 5.56 Å². The highest BCUT2D eigenvalue weighted by molar-refractivity contribution is 6.02. The van der Waals surface area contributed by atoms with E-state index >= 15 is 0 Å². The molecule has 2 rings (SSSR count). The number of benzene rings is 1. The number of carbonyl (C=O) groups is 2. The Labute approximate surface area is 159 Å². The van der Waals surface area contributed by atoms with Crippen LogP contribution in [0.3, 0.4) is 0 Å². The molecule has 0 aliphatic carbocycles. The molecule has 1 N–H and O–H groups in total. The normalized spacial score (nSPS) is 11.9. The van der Waals surface area contributed by atoms with E-state index in [4.69, 9.17) is 4.74 Å². The van der Waals surface area contributed by atoms with Crippen LogP contribution >= 0.6 is 0 Å². The number of hydrogen-bond acceptors (Lipinski definition) is 5. The third-order valence-electron chi connectivity index (χ3n) is 4.82. The molecule has 0 aliphatic rings. The fourth-order valence-electron chi connectivity index (χ4n) is 3.13. The fraction of sp³-hybridized carbons (Fsp3) is 0.429. The van der Waals surface area contributed by atoms with E-state index in [0.717, 1.165) is 16.7 Å². The zero-order valence-corrected chi connectivity index (χ0v) is 16.7. The van der Waals surface area contributed by atoms with Gasteiger partial charge in [0.1, 0.15) is 5.56 Å². The van der Waals surface area contributed by atoms with Gasteiger partial charge in [0.05, 0.1) is 5.69 Å². The van der Waals surface area contributed by atoms with Crippen LogP contribution < -0.4 is 5.56 Å². The second kappa shape index (κ2) is 8.29. The molecule has 0 radical (unpaired) electrons. The van der Waals surface area contributed by atoms with Gasteiger partial charge in [-0.25, -0.2) is 9.89 Å². The molecule has 1 atom stereocenters. The molecular weight excluding hydrogens is 344 g/mol. The second-order valence-corrected chi connectivity index (χ2v) is 6.72. The van der Waals surface area contributed by atoms with E-state index < -0.39 is 17.6 Å². The maximum absolute atomic E-state index is 12.8. The van der Waals surface area contributed by atoms with E-state index in [1.807, 2.05) is 46.8 Å². The third-order valence-corrected chi connectivity index (χ3v) is 4.82. The summed E-state index contributed by atoms with van der Waals surface area (Å²) in [5.41, 5.74) is 3.98. The molecular formula is C21H26N2O4. The Kier molecular flexibility index (Phi) is 6.31. The minimum atomic E-state index is -0.999. The van der Waals surface area contributed by atoms with Crippen molar-refractivity contribution in [3.05, 3.63) is 61.6 Å². The van der Waals surface area contributed by atoms with E-state index in [-0.39, 0.29) is 11.3 Å². The lowest BCUT2D eigenvalue weighted by Gasteiger charge is -2.16. The first-order valence-electron chi connectivity index (χ1n) is 9.14. The quantitative estimate of drug-likeness (QED) is 0.623. The Balaban J connectivity index is 2.33. The van der Waals surface area contributed by atoms with Crippen LogP contribution in [0.4, 0.5) is 0 Å². The first-order chi connectivity index (χ1) is 12.7. The van der Waals surface area contributed by atoms with Crippen molar-refractivity contribution in [1.82, 2.24) is 10.2 Å². The van der Waals surface area contributed by atoms with E-state index in [1.54, 1.807) is 0 Å². The summed E-state index contributed by atoms with van der Waals surface area (Å²) in [7, 11) is 0. The van der Waals surface area contributed by atoms with Gasteiger partial charge in [0.15, 0.2) is 6.10 Å². The smallest absolute Gasteiger partial charge is 0.344 e. The van der Waals surface area contributed by atoms with Crippen LogP contribution in [-0.4, -0.2) is 28.1 Å². The monoisotopic (exact) mass is 370 g/mol. The molecule has 0 unspecified atom stereocenters. The highest BCUT2D eigenvalue weighted by Crippen LogP contribution is 2.19. The van der Waals surface area contributed by atoms with Crippen molar-refractivity contribution in [2.24, 2.45) is 0 Å². The van der Waals surface area contributed by atoms with Crippen LogP contribution in [0.5, 0.6) is 0 Å². The van der Waals surface area contributed by atoms with Crippen molar-refractivity contribution in [3.63, 3.8) is 0 Å². The number of aryl methyl sites for hydroxylation is 4. The number of ketones is 1. The fourth-order valence-corrected chi connectivity index (χ4v) is 3.13. The molecule has 0 amide bonds. The van der Waals surface area contributed by atoms with Crippen LogP contribution in [0.25, 0.3) is 0 Å². The largest absolute Gasteiger partial charge is 0.451 e. The highest BCUT2D eigenvalue weighted by Gasteiger charge is 2.26. The Hall–Kier alpha value is -2.76. The predicted molar refractivity (Wildman–Crippen MR) is 103 cm³/mol. The molecule has 6 nitrogen and oxygen atoms in total. The molecule has 0 spiro atoms. The van der Waals surface area contributed by atoms with Gasteiger partial charge in [-0.3, -0.25) is 9.59 Å². The summed E-state index contributed by atoms with van der Waals surface area (Å²) in [6.07, 6.45) is 0.0558. The van der Waals surface area contributed by atoms with Gasteiger partial charge in [0, 0.05) is 5.56 Å². The van der Waals surface area contributed by atoms with Crippen molar-refractivity contribution in [1.29, 1.82) is 0 Å². The number of aromatic nitrogens is 2. The summed E-state index contributed by atoms with van der Waals surface area (Å²) in [6.45, 7) is 11.0. The van der Waals surface area contributed by atoms with Crippen molar-refractivity contribution < 1.29 is 14.3 Å². The number of H-pyrrole nitrogens is 1. The summed E-state index contributed by atoms with van der Waals surface area (Å²) in [5, 5.41) is 6.33. The van der Waals surface area contributed by atoms with Gasteiger partial charge in [-0.05, 0) is 68.9 Å². The highest BCUT2D eigenvalue weighted by atomic mass is 16.5. The second-order valence-electron chi connectivity index (χ2n) is 6.72. The minimum absolute atomic E-state index is 0.0687. The first kappa shape index (κ1) is 20.6. The summed E-state index contributed by atoms with van der Waals surface area (Å²) in [4.78, 5) is 37.6. The number of hydrogen-bond donors (Lipinski definition) is 1. The lowest BCUT2D eigenvalue weighted by atomic mass is 9.96. The van der Waals surface area contributed by atoms with Gasteiger partial charge in [-0.2, -0.15) is 5.10 Å². The lowest BCUT2D eigenvalue weighted by Crippen LogP contribution is -2.30. The maximum Gasteiger partial charge on any atom is 0.344 e. The molecule has 1 aromatic heterocycles. The molecule has 0 saturated heterocycles. The predicted octanol–water partition coefficient (Wildman–Crippen LogP) is 3.25. The Morgan fingerprint density at radius 2 is 1.70 bits per heavy atom. The first-order valence-corrected chi connectivity index (χ1v) is 9.14. The van der Waals surface area contributed by atoms with E-state index in [1.165, 1.54) is 6.92 Å². The van der Waals surface area contributed by atoms with Crippen LogP contribution in [0.1, 0.15) is 69.4 Å². The zero-order chi connectivity index (χ0) is 20.3. The summed E-state index contributed by atoms with van der Waals surface area (Å²) in [6, 6.07) is 3.75. The minimum Gasteiger partial charge on any atom is -0.451 e. The van der Waals surface area contributed by atoms with Gasteiger partial charge in [-0.15, -0.1) is 0 Å². The molecule has 0 bridgehead atoms. The van der Waals surface area contributed by atoms with Crippen LogP contribution in [0, 0.1) is 20.8 Å². The number of esters is 1. The number of Topliss-reactive ketones (excluding diaryl/α,β-unsaturated/α-hetero) is 1. The Bertz CT molecular complexity index is 944. The zero-order valence-electron chi connectivity index (χ0n) is 16.7. The number of nitrogens with zero attached hydrogens (tertiary/aromatic N) is 1. The molecule has 0 fully saturated rings. The van der Waals surface area contributed by atoms with E-state index in [2.05, 4.69) is 10.2 Å². The Morgan fingerprint density at radius 3 is 2.30 bits per heavy atom. The van der Waals surface area contributed by atoms with Gasteiger partial charge in [0.2, 0.25) is 5.78 Å². The molecule has 0 saturated carbocycles. The number of nitrogens with one attached hydrogen (secondary N) is 1. The van der Waals surface area contributed by atoms with Crippen LogP contribution in [-0.2, 0) is 17.6 Å². The maximum atomic E-state index is 12.8. The van der Waals surface area contributed by atoms with Crippen molar-refractivity contribution >= 4 is 11.8 Å². The number of ether oxygens (including phenoxy) is 1. The summed E-state index contributed by atoms with van der Waals surface area (Å²) < 4.78 is 5.36. The molecule has 1 aromatic carbocycles. The average Bonchev–Trinajstić information content (AvgIpc) is 2.63. The summed E-state index contributed by atoms with van der Waals surface area (Å²) in [5.74, 6) is -1.09. The molecule has 1 heterocycles.